The molecule has 5 heteroatoms. The van der Waals surface area contributed by atoms with Gasteiger partial charge < -0.3 is 15.3 Å². The molecule has 0 aliphatic carbocycles. The Bertz CT molecular complexity index is 248. The number of carbonyl (C=O) groups is 2. The third-order valence-corrected chi connectivity index (χ3v) is 1.74. The highest BCUT2D eigenvalue weighted by molar-refractivity contribution is 5.86. The van der Waals surface area contributed by atoms with Gasteiger partial charge in [0.05, 0.1) is 6.04 Å². The normalized spacial score (nSPS) is 11.9. The molecular formula is C9H16N2O3. The first-order valence-electron chi connectivity index (χ1n) is 4.22. The van der Waals surface area contributed by atoms with Crippen LogP contribution in [0.1, 0.15) is 6.92 Å². The Labute approximate surface area is 83.4 Å². The number of hydrogen-bond acceptors (Lipinski definition) is 3. The highest BCUT2D eigenvalue weighted by Gasteiger charge is 2.14. The average molecular weight is 200 g/mol. The molecule has 0 aromatic carbocycles. The molecular weight excluding hydrogens is 184 g/mol. The van der Waals surface area contributed by atoms with Crippen molar-refractivity contribution in [3.05, 3.63) is 12.2 Å². The van der Waals surface area contributed by atoms with Crippen LogP contribution in [0.15, 0.2) is 12.2 Å². The smallest absolute Gasteiger partial charge is 0.332 e. The summed E-state index contributed by atoms with van der Waals surface area (Å²) in [6.07, 6.45) is 0. The van der Waals surface area contributed by atoms with Gasteiger partial charge in [-0.15, -0.1) is 0 Å². The van der Waals surface area contributed by atoms with Crippen molar-refractivity contribution in [2.75, 3.05) is 20.6 Å². The predicted octanol–water partition coefficient (Wildman–Crippen LogP) is -0.306. The van der Waals surface area contributed by atoms with Gasteiger partial charge in [-0.1, -0.05) is 6.58 Å². The van der Waals surface area contributed by atoms with Crippen LogP contribution in [-0.4, -0.2) is 48.6 Å². The Hall–Kier alpha value is -1.36. The summed E-state index contributed by atoms with van der Waals surface area (Å²) in [4.78, 5) is 23.1. The zero-order chi connectivity index (χ0) is 11.3. The first kappa shape index (κ1) is 12.6. The molecule has 1 atom stereocenters. The van der Waals surface area contributed by atoms with Crippen molar-refractivity contribution in [1.29, 1.82) is 0 Å². The zero-order valence-corrected chi connectivity index (χ0v) is 8.70. The first-order chi connectivity index (χ1) is 6.36. The molecule has 0 aromatic heterocycles. The molecule has 1 amide bonds. The van der Waals surface area contributed by atoms with Gasteiger partial charge in [0, 0.05) is 26.2 Å². The number of carboxylic acids is 1. The lowest BCUT2D eigenvalue weighted by atomic mass is 10.2. The SMILES string of the molecule is C=C(CNC(C)C(=O)N(C)C)C(=O)O. The van der Waals surface area contributed by atoms with E-state index in [4.69, 9.17) is 5.11 Å². The van der Waals surface area contributed by atoms with E-state index in [0.29, 0.717) is 0 Å². The number of aliphatic carboxylic acids is 1. The predicted molar refractivity (Wildman–Crippen MR) is 52.9 cm³/mol. The van der Waals surface area contributed by atoms with Crippen molar-refractivity contribution in [1.82, 2.24) is 10.2 Å². The molecule has 0 rings (SSSR count). The Balaban J connectivity index is 3.97. The van der Waals surface area contributed by atoms with Gasteiger partial charge in [-0.05, 0) is 6.92 Å². The van der Waals surface area contributed by atoms with Gasteiger partial charge in [0.1, 0.15) is 0 Å². The van der Waals surface area contributed by atoms with E-state index < -0.39 is 12.0 Å². The molecule has 0 saturated heterocycles. The van der Waals surface area contributed by atoms with Crippen LogP contribution in [0.5, 0.6) is 0 Å². The monoisotopic (exact) mass is 200 g/mol. The molecule has 80 valence electrons. The highest BCUT2D eigenvalue weighted by Crippen LogP contribution is 1.92. The molecule has 0 aliphatic heterocycles. The summed E-state index contributed by atoms with van der Waals surface area (Å²) in [7, 11) is 3.29. The van der Waals surface area contributed by atoms with Crippen LogP contribution < -0.4 is 5.32 Å². The van der Waals surface area contributed by atoms with E-state index in [1.54, 1.807) is 21.0 Å². The second-order valence-electron chi connectivity index (χ2n) is 3.24. The summed E-state index contributed by atoms with van der Waals surface area (Å²) in [5.41, 5.74) is 0.0448. The minimum atomic E-state index is -1.05. The summed E-state index contributed by atoms with van der Waals surface area (Å²) in [6.45, 7) is 5.13. The van der Waals surface area contributed by atoms with Gasteiger partial charge in [0.2, 0.25) is 5.91 Å². The van der Waals surface area contributed by atoms with E-state index in [2.05, 4.69) is 11.9 Å². The average Bonchev–Trinajstić information content (AvgIpc) is 2.11. The topological polar surface area (TPSA) is 69.6 Å². The summed E-state index contributed by atoms with van der Waals surface area (Å²) in [5.74, 6) is -1.15. The largest absolute Gasteiger partial charge is 0.478 e. The third kappa shape index (κ3) is 4.04. The van der Waals surface area contributed by atoms with Crippen molar-refractivity contribution < 1.29 is 14.7 Å². The molecule has 1 unspecified atom stereocenters. The Kier molecular flexibility index (Phi) is 4.86. The molecule has 0 aromatic rings. The van der Waals surface area contributed by atoms with E-state index in [9.17, 15) is 9.59 Å². The molecule has 0 heterocycles. The first-order valence-corrected chi connectivity index (χ1v) is 4.22. The number of hydrogen-bond donors (Lipinski definition) is 2. The third-order valence-electron chi connectivity index (χ3n) is 1.74. The lowest BCUT2D eigenvalue weighted by Crippen LogP contribution is -2.42. The number of nitrogens with zero attached hydrogens (tertiary/aromatic N) is 1. The minimum Gasteiger partial charge on any atom is -0.478 e. The number of carboxylic acid groups (broad SMARTS) is 1. The lowest BCUT2D eigenvalue weighted by molar-refractivity contribution is -0.133. The second-order valence-corrected chi connectivity index (χ2v) is 3.24. The molecule has 0 bridgehead atoms. The minimum absolute atomic E-state index is 0.0448. The van der Waals surface area contributed by atoms with Gasteiger partial charge in [0.15, 0.2) is 0 Å². The number of amides is 1. The Morgan fingerprint density at radius 2 is 2.00 bits per heavy atom. The van der Waals surface area contributed by atoms with Gasteiger partial charge in [-0.25, -0.2) is 4.79 Å². The molecule has 14 heavy (non-hydrogen) atoms. The maximum atomic E-state index is 11.3. The van der Waals surface area contributed by atoms with Crippen LogP contribution >= 0.6 is 0 Å². The fourth-order valence-electron chi connectivity index (χ4n) is 0.827. The number of nitrogens with one attached hydrogen (secondary N) is 1. The Morgan fingerprint density at radius 1 is 1.50 bits per heavy atom. The van der Waals surface area contributed by atoms with Gasteiger partial charge >= 0.3 is 5.97 Å². The number of carbonyl (C=O) groups excluding carboxylic acids is 1. The molecule has 2 N–H and O–H groups in total. The maximum absolute atomic E-state index is 11.3. The lowest BCUT2D eigenvalue weighted by Gasteiger charge is -2.17. The summed E-state index contributed by atoms with van der Waals surface area (Å²) < 4.78 is 0. The Morgan fingerprint density at radius 3 is 2.36 bits per heavy atom. The molecule has 0 radical (unpaired) electrons. The molecule has 0 aliphatic rings. The summed E-state index contributed by atoms with van der Waals surface area (Å²) in [6, 6.07) is -0.402. The van der Waals surface area contributed by atoms with Crippen LogP contribution in [0.2, 0.25) is 0 Å². The molecule has 5 nitrogen and oxygen atoms in total. The molecule has 0 spiro atoms. The van der Waals surface area contributed by atoms with E-state index in [-0.39, 0.29) is 18.0 Å². The summed E-state index contributed by atoms with van der Waals surface area (Å²) in [5, 5.41) is 11.3. The standard InChI is InChI=1S/C9H16N2O3/c1-6(9(13)14)5-10-7(2)8(12)11(3)4/h7,10H,1,5H2,2-4H3,(H,13,14). The quantitative estimate of drug-likeness (QED) is 0.597. The fraction of sp³-hybridized carbons (Fsp3) is 0.556. The number of rotatable bonds is 5. The van der Waals surface area contributed by atoms with Crippen LogP contribution in [0.25, 0.3) is 0 Å². The molecule has 0 saturated carbocycles. The van der Waals surface area contributed by atoms with Crippen LogP contribution in [0.4, 0.5) is 0 Å². The van der Waals surface area contributed by atoms with Crippen molar-refractivity contribution >= 4 is 11.9 Å². The summed E-state index contributed by atoms with van der Waals surface area (Å²) >= 11 is 0. The second kappa shape index (κ2) is 5.39. The van der Waals surface area contributed by atoms with Crippen molar-refractivity contribution in [2.24, 2.45) is 0 Å². The van der Waals surface area contributed by atoms with E-state index in [1.807, 2.05) is 0 Å². The van der Waals surface area contributed by atoms with Crippen LogP contribution in [0, 0.1) is 0 Å². The van der Waals surface area contributed by atoms with Crippen molar-refractivity contribution in [3.8, 4) is 0 Å². The maximum Gasteiger partial charge on any atom is 0.332 e. The van der Waals surface area contributed by atoms with E-state index in [1.165, 1.54) is 4.90 Å². The van der Waals surface area contributed by atoms with Gasteiger partial charge in [0.25, 0.3) is 0 Å². The zero-order valence-electron chi connectivity index (χ0n) is 8.70. The van der Waals surface area contributed by atoms with Crippen molar-refractivity contribution in [3.63, 3.8) is 0 Å². The van der Waals surface area contributed by atoms with E-state index >= 15 is 0 Å². The fourth-order valence-corrected chi connectivity index (χ4v) is 0.827. The van der Waals surface area contributed by atoms with Crippen LogP contribution in [-0.2, 0) is 9.59 Å². The number of likely N-dealkylation sites (N-methyl/N-ethyl adjacent to an activating group) is 1. The van der Waals surface area contributed by atoms with Gasteiger partial charge in [-0.2, -0.15) is 0 Å². The molecule has 0 fully saturated rings. The van der Waals surface area contributed by atoms with E-state index in [0.717, 1.165) is 0 Å². The van der Waals surface area contributed by atoms with Crippen LogP contribution in [0.3, 0.4) is 0 Å². The van der Waals surface area contributed by atoms with Gasteiger partial charge in [-0.3, -0.25) is 4.79 Å². The van der Waals surface area contributed by atoms with Crippen molar-refractivity contribution in [2.45, 2.75) is 13.0 Å². The highest BCUT2D eigenvalue weighted by atomic mass is 16.4.